The predicted molar refractivity (Wildman–Crippen MR) is 64.1 cm³/mol. The number of hydrogen-bond acceptors (Lipinski definition) is 6. The van der Waals surface area contributed by atoms with Gasteiger partial charge in [0.25, 0.3) is 5.91 Å². The highest BCUT2D eigenvalue weighted by molar-refractivity contribution is 6.04. The van der Waals surface area contributed by atoms with Crippen LogP contribution < -0.4 is 5.32 Å². The highest BCUT2D eigenvalue weighted by atomic mass is 16.6. The van der Waals surface area contributed by atoms with E-state index in [4.69, 9.17) is 9.84 Å². The van der Waals surface area contributed by atoms with E-state index in [1.807, 2.05) is 5.32 Å². The number of nitrogens with zero attached hydrogens (tertiary/aromatic N) is 1. The fourth-order valence-corrected chi connectivity index (χ4v) is 1.61. The normalized spacial score (nSPS) is 29.9. The zero-order valence-electron chi connectivity index (χ0n) is 10.7. The molecule has 0 radical (unpaired) electrons. The minimum absolute atomic E-state index is 0.197. The number of urea groups is 1. The molecule has 3 amide bonds. The summed E-state index contributed by atoms with van der Waals surface area (Å²) in [5.41, 5.74) is -0.197. The maximum absolute atomic E-state index is 11.7. The van der Waals surface area contributed by atoms with Gasteiger partial charge in [-0.2, -0.15) is 0 Å². The SMILES string of the molecule is C=C(C(=O)NC(=O)N(C)C)[C@@H]1O[C@H](CO)[C@@H](O)[C@H]1O. The van der Waals surface area contributed by atoms with Crippen LogP contribution in [0.3, 0.4) is 0 Å². The molecule has 4 N–H and O–H groups in total. The Bertz CT molecular complexity index is 383. The zero-order valence-corrected chi connectivity index (χ0v) is 10.7. The van der Waals surface area contributed by atoms with Crippen molar-refractivity contribution in [3.8, 4) is 0 Å². The lowest BCUT2D eigenvalue weighted by Gasteiger charge is -2.18. The molecule has 108 valence electrons. The highest BCUT2D eigenvalue weighted by Crippen LogP contribution is 2.25. The molecular weight excluding hydrogens is 256 g/mol. The summed E-state index contributed by atoms with van der Waals surface area (Å²) in [6.45, 7) is 2.94. The number of rotatable bonds is 3. The van der Waals surface area contributed by atoms with Crippen LogP contribution in [0, 0.1) is 0 Å². The Hall–Kier alpha value is -1.48. The van der Waals surface area contributed by atoms with E-state index < -0.39 is 43.0 Å². The highest BCUT2D eigenvalue weighted by Gasteiger charge is 2.45. The van der Waals surface area contributed by atoms with Gasteiger partial charge in [0.05, 0.1) is 6.61 Å². The van der Waals surface area contributed by atoms with Crippen molar-refractivity contribution >= 4 is 11.9 Å². The van der Waals surface area contributed by atoms with Gasteiger partial charge in [-0.3, -0.25) is 10.1 Å². The number of aliphatic hydroxyl groups is 3. The third-order valence-corrected chi connectivity index (χ3v) is 2.80. The third-order valence-electron chi connectivity index (χ3n) is 2.80. The molecule has 19 heavy (non-hydrogen) atoms. The van der Waals surface area contributed by atoms with E-state index in [0.717, 1.165) is 4.90 Å². The third kappa shape index (κ3) is 3.29. The fourth-order valence-electron chi connectivity index (χ4n) is 1.61. The van der Waals surface area contributed by atoms with Crippen molar-refractivity contribution < 1.29 is 29.6 Å². The summed E-state index contributed by atoms with van der Waals surface area (Å²) in [6, 6.07) is -0.641. The van der Waals surface area contributed by atoms with Crippen LogP contribution in [0.1, 0.15) is 0 Å². The zero-order chi connectivity index (χ0) is 14.7. The van der Waals surface area contributed by atoms with Crippen molar-refractivity contribution in [2.75, 3.05) is 20.7 Å². The first-order chi connectivity index (χ1) is 8.79. The van der Waals surface area contributed by atoms with Crippen LogP contribution in [0.15, 0.2) is 12.2 Å². The van der Waals surface area contributed by atoms with Gasteiger partial charge < -0.3 is 25.0 Å². The van der Waals surface area contributed by atoms with Gasteiger partial charge in [-0.25, -0.2) is 4.79 Å². The lowest BCUT2D eigenvalue weighted by atomic mass is 10.0. The Morgan fingerprint density at radius 1 is 1.32 bits per heavy atom. The van der Waals surface area contributed by atoms with E-state index in [2.05, 4.69) is 6.58 Å². The summed E-state index contributed by atoms with van der Waals surface area (Å²) in [5.74, 6) is -0.812. The van der Waals surface area contributed by atoms with Gasteiger partial charge in [0.2, 0.25) is 0 Å². The van der Waals surface area contributed by atoms with Crippen molar-refractivity contribution in [2.45, 2.75) is 24.4 Å². The molecule has 0 aromatic rings. The van der Waals surface area contributed by atoms with Gasteiger partial charge in [0.15, 0.2) is 0 Å². The van der Waals surface area contributed by atoms with Gasteiger partial charge in [-0.05, 0) is 0 Å². The van der Waals surface area contributed by atoms with Crippen LogP contribution in [0.5, 0.6) is 0 Å². The van der Waals surface area contributed by atoms with Gasteiger partial charge in [-0.15, -0.1) is 0 Å². The standard InChI is InChI=1S/C11H18N2O6/c1-5(10(17)12-11(18)13(2)3)9-8(16)7(15)6(4-14)19-9/h6-9,14-16H,1,4H2,2-3H3,(H,12,17,18)/t6-,7-,8-,9+/m1/s1. The molecule has 8 nitrogen and oxygen atoms in total. The van der Waals surface area contributed by atoms with Crippen molar-refractivity contribution in [3.05, 3.63) is 12.2 Å². The van der Waals surface area contributed by atoms with E-state index in [-0.39, 0.29) is 5.57 Å². The lowest BCUT2D eigenvalue weighted by molar-refractivity contribution is -0.118. The number of carbonyl (C=O) groups excluding carboxylic acids is 2. The first kappa shape index (κ1) is 15.6. The Morgan fingerprint density at radius 3 is 2.32 bits per heavy atom. The number of nitrogens with one attached hydrogen (secondary N) is 1. The van der Waals surface area contributed by atoms with Gasteiger partial charge in [-0.1, -0.05) is 6.58 Å². The largest absolute Gasteiger partial charge is 0.394 e. The molecule has 1 rings (SSSR count). The first-order valence-corrected chi connectivity index (χ1v) is 5.63. The second-order valence-corrected chi connectivity index (χ2v) is 4.44. The van der Waals surface area contributed by atoms with Crippen LogP contribution >= 0.6 is 0 Å². The molecule has 0 saturated carbocycles. The van der Waals surface area contributed by atoms with Crippen LogP contribution in [0.25, 0.3) is 0 Å². The molecule has 1 fully saturated rings. The van der Waals surface area contributed by atoms with Gasteiger partial charge in [0.1, 0.15) is 24.4 Å². The number of amides is 3. The second-order valence-electron chi connectivity index (χ2n) is 4.44. The smallest absolute Gasteiger partial charge is 0.323 e. The fraction of sp³-hybridized carbons (Fsp3) is 0.636. The topological polar surface area (TPSA) is 119 Å². The molecule has 4 atom stereocenters. The number of imide groups is 1. The van der Waals surface area contributed by atoms with Crippen molar-refractivity contribution in [1.29, 1.82) is 0 Å². The van der Waals surface area contributed by atoms with Crippen LogP contribution in [0.4, 0.5) is 4.79 Å². The number of hydrogen-bond donors (Lipinski definition) is 4. The molecule has 1 saturated heterocycles. The second kappa shape index (κ2) is 6.11. The Kier molecular flexibility index (Phi) is 5.01. The van der Waals surface area contributed by atoms with Crippen molar-refractivity contribution in [1.82, 2.24) is 10.2 Å². The molecule has 0 unspecified atom stereocenters. The van der Waals surface area contributed by atoms with Crippen molar-refractivity contribution in [3.63, 3.8) is 0 Å². The minimum Gasteiger partial charge on any atom is -0.394 e. The average Bonchev–Trinajstić information content (AvgIpc) is 2.64. The summed E-state index contributed by atoms with van der Waals surface area (Å²) in [7, 11) is 2.91. The number of aliphatic hydroxyl groups excluding tert-OH is 3. The molecule has 0 bridgehead atoms. The molecule has 1 heterocycles. The van der Waals surface area contributed by atoms with E-state index in [0.29, 0.717) is 0 Å². The molecule has 1 aliphatic heterocycles. The Morgan fingerprint density at radius 2 is 1.89 bits per heavy atom. The van der Waals surface area contributed by atoms with Gasteiger partial charge >= 0.3 is 6.03 Å². The maximum Gasteiger partial charge on any atom is 0.323 e. The van der Waals surface area contributed by atoms with E-state index in [1.54, 1.807) is 0 Å². The summed E-state index contributed by atoms with van der Waals surface area (Å²) < 4.78 is 5.12. The molecule has 0 aliphatic carbocycles. The number of ether oxygens (including phenoxy) is 1. The predicted octanol–water partition coefficient (Wildman–Crippen LogP) is -2.18. The summed E-state index contributed by atoms with van der Waals surface area (Å²) >= 11 is 0. The lowest BCUT2D eigenvalue weighted by Crippen LogP contribution is -2.43. The van der Waals surface area contributed by atoms with E-state index in [9.17, 15) is 19.8 Å². The Labute approximate surface area is 110 Å². The summed E-state index contributed by atoms with van der Waals surface area (Å²) in [4.78, 5) is 24.2. The Balaban J connectivity index is 2.68. The van der Waals surface area contributed by atoms with E-state index >= 15 is 0 Å². The minimum atomic E-state index is -1.38. The maximum atomic E-state index is 11.7. The average molecular weight is 274 g/mol. The molecule has 0 spiro atoms. The number of carbonyl (C=O) groups is 2. The quantitative estimate of drug-likeness (QED) is 0.434. The van der Waals surface area contributed by atoms with Gasteiger partial charge in [0, 0.05) is 19.7 Å². The summed E-state index contributed by atoms with van der Waals surface area (Å²) in [5, 5.41) is 30.2. The van der Waals surface area contributed by atoms with E-state index in [1.165, 1.54) is 14.1 Å². The van der Waals surface area contributed by atoms with Crippen LogP contribution in [-0.2, 0) is 9.53 Å². The monoisotopic (exact) mass is 274 g/mol. The van der Waals surface area contributed by atoms with Crippen molar-refractivity contribution in [2.24, 2.45) is 0 Å². The molecule has 1 aliphatic rings. The first-order valence-electron chi connectivity index (χ1n) is 5.63. The molecule has 8 heteroatoms. The van der Waals surface area contributed by atoms with Crippen LogP contribution in [0.2, 0.25) is 0 Å². The molecular formula is C11H18N2O6. The summed E-state index contributed by atoms with van der Waals surface area (Å²) in [6.07, 6.45) is -4.86. The molecule has 0 aromatic carbocycles. The molecule has 0 aromatic heterocycles. The van der Waals surface area contributed by atoms with Crippen LogP contribution in [-0.4, -0.2) is 77.3 Å².